The molecular weight excluding hydrogens is 398 g/mol. The summed E-state index contributed by atoms with van der Waals surface area (Å²) in [5.41, 5.74) is 1.69. The molecule has 8 nitrogen and oxygen atoms in total. The molecule has 0 aliphatic carbocycles. The molecule has 0 spiro atoms. The summed E-state index contributed by atoms with van der Waals surface area (Å²) >= 11 is 0. The molecule has 0 saturated carbocycles. The van der Waals surface area contributed by atoms with Gasteiger partial charge in [0.2, 0.25) is 0 Å². The van der Waals surface area contributed by atoms with Crippen molar-refractivity contribution >= 4 is 28.5 Å². The van der Waals surface area contributed by atoms with Gasteiger partial charge in [-0.2, -0.15) is 0 Å². The van der Waals surface area contributed by atoms with Crippen LogP contribution in [0.4, 0.5) is 5.69 Å². The van der Waals surface area contributed by atoms with Crippen LogP contribution in [0.1, 0.15) is 45.3 Å². The molecule has 0 aliphatic rings. The number of nitrogens with zero attached hydrogens (tertiary/aromatic N) is 1. The van der Waals surface area contributed by atoms with Crippen LogP contribution in [0.5, 0.6) is 0 Å². The van der Waals surface area contributed by atoms with Gasteiger partial charge in [-0.3, -0.25) is 9.59 Å². The van der Waals surface area contributed by atoms with Gasteiger partial charge in [0.25, 0.3) is 11.5 Å². The maximum Gasteiger partial charge on any atom is 0.338 e. The topological polar surface area (TPSA) is 114 Å². The first-order valence-corrected chi connectivity index (χ1v) is 9.58. The molecule has 156 valence electrons. The van der Waals surface area contributed by atoms with Crippen molar-refractivity contribution in [3.8, 4) is 0 Å². The van der Waals surface area contributed by atoms with E-state index in [0.717, 1.165) is 5.56 Å². The first-order chi connectivity index (χ1) is 14.9. The Hall–Kier alpha value is -4.20. The lowest BCUT2D eigenvalue weighted by atomic mass is 10.1. The monoisotopic (exact) mass is 417 g/mol. The van der Waals surface area contributed by atoms with Crippen molar-refractivity contribution < 1.29 is 18.7 Å². The van der Waals surface area contributed by atoms with Crippen molar-refractivity contribution in [3.63, 3.8) is 0 Å². The molecule has 4 aromatic rings. The predicted molar refractivity (Wildman–Crippen MR) is 114 cm³/mol. The Morgan fingerprint density at radius 2 is 1.94 bits per heavy atom. The van der Waals surface area contributed by atoms with Gasteiger partial charge in [-0.15, -0.1) is 0 Å². The fourth-order valence-corrected chi connectivity index (χ4v) is 3.06. The lowest BCUT2D eigenvalue weighted by Gasteiger charge is -2.14. The van der Waals surface area contributed by atoms with Gasteiger partial charge < -0.3 is 19.5 Å². The standard InChI is InChI=1S/C23H19N3O5/c1-13-9-10-15(12-18(13)25-22(28)19-8-5-11-30-19)23(29)31-14(2)20-24-17-7-4-3-6-16(17)21(27)26-20/h3-12,14H,1-2H3,(H,25,28)(H,24,26,27)/t14-/m0/s1. The number of ether oxygens (including phenoxy) is 1. The van der Waals surface area contributed by atoms with Crippen molar-refractivity contribution in [2.24, 2.45) is 0 Å². The molecule has 1 amide bonds. The number of aromatic nitrogens is 2. The molecular formula is C23H19N3O5. The zero-order valence-corrected chi connectivity index (χ0v) is 16.8. The molecule has 2 heterocycles. The van der Waals surface area contributed by atoms with Crippen LogP contribution in [0.15, 0.2) is 70.1 Å². The Bertz CT molecular complexity index is 1320. The summed E-state index contributed by atoms with van der Waals surface area (Å²) in [5.74, 6) is -0.635. The fraction of sp³-hybridized carbons (Fsp3) is 0.130. The average molecular weight is 417 g/mol. The zero-order chi connectivity index (χ0) is 22.0. The van der Waals surface area contributed by atoms with E-state index < -0.39 is 18.0 Å². The number of nitrogens with one attached hydrogen (secondary N) is 2. The molecule has 31 heavy (non-hydrogen) atoms. The Balaban J connectivity index is 1.53. The Morgan fingerprint density at radius 3 is 2.71 bits per heavy atom. The molecule has 2 aromatic carbocycles. The first-order valence-electron chi connectivity index (χ1n) is 9.58. The summed E-state index contributed by atoms with van der Waals surface area (Å²) < 4.78 is 10.6. The summed E-state index contributed by atoms with van der Waals surface area (Å²) in [6, 6.07) is 14.9. The molecule has 0 fully saturated rings. The number of para-hydroxylation sites is 1. The maximum atomic E-state index is 12.7. The summed E-state index contributed by atoms with van der Waals surface area (Å²) in [6.07, 6.45) is 0.620. The molecule has 0 radical (unpaired) electrons. The van der Waals surface area contributed by atoms with Crippen molar-refractivity contribution in [2.75, 3.05) is 5.32 Å². The highest BCUT2D eigenvalue weighted by Gasteiger charge is 2.18. The summed E-state index contributed by atoms with van der Waals surface area (Å²) in [5, 5.41) is 3.18. The van der Waals surface area contributed by atoms with Gasteiger partial charge in [0.05, 0.1) is 22.7 Å². The molecule has 0 saturated heterocycles. The second kappa shape index (κ2) is 8.27. The minimum Gasteiger partial charge on any atom is -0.459 e. The summed E-state index contributed by atoms with van der Waals surface area (Å²) in [6.45, 7) is 3.43. The molecule has 0 bridgehead atoms. The molecule has 4 rings (SSSR count). The van der Waals surface area contributed by atoms with Crippen LogP contribution in [0.25, 0.3) is 10.9 Å². The van der Waals surface area contributed by atoms with E-state index in [-0.39, 0.29) is 22.7 Å². The zero-order valence-electron chi connectivity index (χ0n) is 16.8. The predicted octanol–water partition coefficient (Wildman–Crippen LogP) is 3.99. The molecule has 8 heteroatoms. The van der Waals surface area contributed by atoms with Crippen LogP contribution in [-0.2, 0) is 4.74 Å². The Labute approximate surface area is 176 Å². The minimum atomic E-state index is -0.785. The third-order valence-corrected chi connectivity index (χ3v) is 4.77. The van der Waals surface area contributed by atoms with E-state index in [4.69, 9.17) is 9.15 Å². The van der Waals surface area contributed by atoms with Crippen molar-refractivity contribution in [1.82, 2.24) is 9.97 Å². The smallest absolute Gasteiger partial charge is 0.338 e. The van der Waals surface area contributed by atoms with E-state index in [0.29, 0.717) is 16.6 Å². The molecule has 2 aromatic heterocycles. The number of carbonyl (C=O) groups is 2. The van der Waals surface area contributed by atoms with E-state index in [1.807, 2.05) is 0 Å². The normalized spacial score (nSPS) is 11.8. The second-order valence-corrected chi connectivity index (χ2v) is 6.98. The molecule has 0 unspecified atom stereocenters. The van der Waals surface area contributed by atoms with Crippen LogP contribution in [0.2, 0.25) is 0 Å². The van der Waals surface area contributed by atoms with E-state index in [9.17, 15) is 14.4 Å². The SMILES string of the molecule is Cc1ccc(C(=O)O[C@@H](C)c2nc3ccccc3c(=O)[nH]2)cc1NC(=O)c1ccco1. The average Bonchev–Trinajstić information content (AvgIpc) is 3.30. The second-order valence-electron chi connectivity index (χ2n) is 6.98. The van der Waals surface area contributed by atoms with E-state index in [1.165, 1.54) is 12.3 Å². The number of anilines is 1. The third-order valence-electron chi connectivity index (χ3n) is 4.77. The number of aryl methyl sites for hydroxylation is 1. The number of aromatic amines is 1. The highest BCUT2D eigenvalue weighted by atomic mass is 16.5. The first kappa shape index (κ1) is 20.1. The van der Waals surface area contributed by atoms with Crippen molar-refractivity contribution in [3.05, 3.63) is 93.9 Å². The van der Waals surface area contributed by atoms with Gasteiger partial charge in [-0.1, -0.05) is 18.2 Å². The molecule has 0 aliphatic heterocycles. The number of esters is 1. The lowest BCUT2D eigenvalue weighted by molar-refractivity contribution is 0.0320. The number of benzene rings is 2. The fourth-order valence-electron chi connectivity index (χ4n) is 3.06. The maximum absolute atomic E-state index is 12.7. The van der Waals surface area contributed by atoms with Crippen LogP contribution >= 0.6 is 0 Å². The molecule has 2 N–H and O–H groups in total. The van der Waals surface area contributed by atoms with Gasteiger partial charge >= 0.3 is 5.97 Å². The van der Waals surface area contributed by atoms with Gasteiger partial charge in [0.15, 0.2) is 17.7 Å². The Kier molecular flexibility index (Phi) is 5.36. The number of hydrogen-bond donors (Lipinski definition) is 2. The largest absolute Gasteiger partial charge is 0.459 e. The third kappa shape index (κ3) is 4.23. The van der Waals surface area contributed by atoms with Gasteiger partial charge in [-0.05, 0) is 55.8 Å². The number of rotatable bonds is 5. The quantitative estimate of drug-likeness (QED) is 0.475. The van der Waals surface area contributed by atoms with Crippen LogP contribution in [-0.4, -0.2) is 21.8 Å². The van der Waals surface area contributed by atoms with Gasteiger partial charge in [0, 0.05) is 5.69 Å². The number of furan rings is 1. The summed E-state index contributed by atoms with van der Waals surface area (Å²) in [7, 11) is 0. The lowest BCUT2D eigenvalue weighted by Crippen LogP contribution is -2.18. The number of H-pyrrole nitrogens is 1. The van der Waals surface area contributed by atoms with Gasteiger partial charge in [0.1, 0.15) is 0 Å². The van der Waals surface area contributed by atoms with Crippen LogP contribution < -0.4 is 10.9 Å². The van der Waals surface area contributed by atoms with Crippen LogP contribution in [0.3, 0.4) is 0 Å². The number of amides is 1. The number of carbonyl (C=O) groups excluding carboxylic acids is 2. The van der Waals surface area contributed by atoms with E-state index in [2.05, 4.69) is 15.3 Å². The highest BCUT2D eigenvalue weighted by Crippen LogP contribution is 2.21. The van der Waals surface area contributed by atoms with E-state index >= 15 is 0 Å². The van der Waals surface area contributed by atoms with Crippen molar-refractivity contribution in [2.45, 2.75) is 20.0 Å². The van der Waals surface area contributed by atoms with Crippen LogP contribution in [0, 0.1) is 6.92 Å². The van der Waals surface area contributed by atoms with Crippen molar-refractivity contribution in [1.29, 1.82) is 0 Å². The van der Waals surface area contributed by atoms with E-state index in [1.54, 1.807) is 62.4 Å². The number of fused-ring (bicyclic) bond motifs is 1. The van der Waals surface area contributed by atoms with Gasteiger partial charge in [-0.25, -0.2) is 9.78 Å². The number of hydrogen-bond acceptors (Lipinski definition) is 6. The minimum absolute atomic E-state index is 0.160. The highest BCUT2D eigenvalue weighted by molar-refractivity contribution is 6.03. The Morgan fingerprint density at radius 1 is 1.13 bits per heavy atom. The molecule has 1 atom stereocenters. The summed E-state index contributed by atoms with van der Waals surface area (Å²) in [4.78, 5) is 44.2.